The summed E-state index contributed by atoms with van der Waals surface area (Å²) in [6.45, 7) is 0. The van der Waals surface area contributed by atoms with Crippen molar-refractivity contribution in [2.24, 2.45) is 0 Å². The average Bonchev–Trinajstić information content (AvgIpc) is 2.34. The third kappa shape index (κ3) is 0.783. The van der Waals surface area contributed by atoms with Gasteiger partial charge in [-0.1, -0.05) is 0 Å². The number of hydrogen-bond donors (Lipinski definition) is 0. The van der Waals surface area contributed by atoms with Crippen molar-refractivity contribution in [3.8, 4) is 0 Å². The Morgan fingerprint density at radius 1 is 1.10 bits per heavy atom. The van der Waals surface area contributed by atoms with Gasteiger partial charge in [0.05, 0.1) is 0 Å². The van der Waals surface area contributed by atoms with Gasteiger partial charge in [-0.05, 0) is 0 Å². The van der Waals surface area contributed by atoms with Gasteiger partial charge in [0.1, 0.15) is 0 Å². The van der Waals surface area contributed by atoms with E-state index >= 15 is 0 Å². The van der Waals surface area contributed by atoms with Gasteiger partial charge >= 0.3 is 68.0 Å². The van der Waals surface area contributed by atoms with Crippen LogP contribution in [0.1, 0.15) is 0 Å². The second-order valence-corrected chi connectivity index (χ2v) is 3.12. The predicted octanol–water partition coefficient (Wildman–Crippen LogP) is 1.57. The third-order valence-corrected chi connectivity index (χ3v) is 2.31. The molecule has 1 aromatic carbocycles. The molecular weight excluding hydrogens is 185 g/mol. The van der Waals surface area contributed by atoms with Gasteiger partial charge in [-0.2, -0.15) is 0 Å². The molecule has 0 N–H and O–H groups in total. The van der Waals surface area contributed by atoms with Crippen molar-refractivity contribution in [3.05, 3.63) is 36.5 Å². The molecule has 0 aliphatic carbocycles. The molecule has 48 valence electrons. The molecule has 0 bridgehead atoms. The van der Waals surface area contributed by atoms with Crippen molar-refractivity contribution in [1.29, 1.82) is 0 Å². The summed E-state index contributed by atoms with van der Waals surface area (Å²) in [5, 5.41) is 1.29. The number of fused-ring (bicyclic) bond motifs is 1. The Bertz CT molecular complexity index is 351. The Balaban J connectivity index is 2.93. The SMILES string of the molecule is [As]n1ccc2ccccc21. The van der Waals surface area contributed by atoms with Crippen molar-refractivity contribution in [2.75, 3.05) is 0 Å². The Morgan fingerprint density at radius 3 is 2.70 bits per heavy atom. The molecule has 0 aliphatic rings. The van der Waals surface area contributed by atoms with E-state index in [1.807, 2.05) is 12.3 Å². The molecule has 0 aliphatic heterocycles. The molecule has 2 radical (unpaired) electrons. The molecule has 2 rings (SSSR count). The summed E-state index contributed by atoms with van der Waals surface area (Å²) < 4.78 is 2.06. The van der Waals surface area contributed by atoms with E-state index in [0.717, 1.165) is 0 Å². The van der Waals surface area contributed by atoms with Crippen LogP contribution in [0.3, 0.4) is 0 Å². The van der Waals surface area contributed by atoms with Crippen LogP contribution in [0.5, 0.6) is 0 Å². The number of benzene rings is 1. The van der Waals surface area contributed by atoms with Gasteiger partial charge in [-0.3, -0.25) is 0 Å². The molecule has 0 saturated carbocycles. The second kappa shape index (κ2) is 2.17. The molecule has 1 heterocycles. The fourth-order valence-corrected chi connectivity index (χ4v) is 1.59. The Morgan fingerprint density at radius 2 is 1.90 bits per heavy atom. The normalized spacial score (nSPS) is 10.5. The van der Waals surface area contributed by atoms with Gasteiger partial charge in [-0.25, -0.2) is 0 Å². The fraction of sp³-hybridized carbons (Fsp3) is 0. The molecule has 0 atom stereocenters. The number of nitrogens with zero attached hydrogens (tertiary/aromatic N) is 1. The molecule has 2 heteroatoms. The van der Waals surface area contributed by atoms with Crippen LogP contribution in [0.2, 0.25) is 0 Å². The van der Waals surface area contributed by atoms with Gasteiger partial charge < -0.3 is 0 Å². The summed E-state index contributed by atoms with van der Waals surface area (Å²) in [4.78, 5) is 0. The van der Waals surface area contributed by atoms with E-state index in [1.165, 1.54) is 10.9 Å². The fourth-order valence-electron chi connectivity index (χ4n) is 1.07. The van der Waals surface area contributed by atoms with Crippen LogP contribution < -0.4 is 0 Å². The van der Waals surface area contributed by atoms with Crippen LogP contribution in [0.25, 0.3) is 10.9 Å². The predicted molar refractivity (Wildman–Crippen MR) is 43.1 cm³/mol. The van der Waals surface area contributed by atoms with Crippen molar-refractivity contribution in [3.63, 3.8) is 0 Å². The molecule has 1 nitrogen and oxygen atoms in total. The molecule has 0 fully saturated rings. The van der Waals surface area contributed by atoms with E-state index in [9.17, 15) is 0 Å². The first-order valence-corrected chi connectivity index (χ1v) is 3.97. The van der Waals surface area contributed by atoms with Crippen molar-refractivity contribution < 1.29 is 0 Å². The summed E-state index contributed by atoms with van der Waals surface area (Å²) in [7, 11) is 0. The number of aromatic nitrogens is 1. The van der Waals surface area contributed by atoms with Crippen LogP contribution >= 0.6 is 0 Å². The summed E-state index contributed by atoms with van der Waals surface area (Å²) >= 11 is 2.50. The summed E-state index contributed by atoms with van der Waals surface area (Å²) in [6, 6.07) is 10.4. The van der Waals surface area contributed by atoms with Gasteiger partial charge in [-0.15, -0.1) is 0 Å². The first kappa shape index (κ1) is 6.06. The van der Waals surface area contributed by atoms with E-state index in [0.29, 0.717) is 0 Å². The minimum absolute atomic E-state index is 1.27. The Hall–Kier alpha value is -0.682. The zero-order valence-corrected chi connectivity index (χ0v) is 7.24. The zero-order chi connectivity index (χ0) is 6.97. The van der Waals surface area contributed by atoms with Crippen molar-refractivity contribution in [1.82, 2.24) is 3.48 Å². The molecular formula is C8H6AsN. The monoisotopic (exact) mass is 191 g/mol. The van der Waals surface area contributed by atoms with Gasteiger partial charge in [0.2, 0.25) is 0 Å². The summed E-state index contributed by atoms with van der Waals surface area (Å²) in [5.41, 5.74) is 1.27. The number of rotatable bonds is 0. The van der Waals surface area contributed by atoms with E-state index in [2.05, 4.69) is 44.8 Å². The summed E-state index contributed by atoms with van der Waals surface area (Å²) in [6.07, 6.45) is 2.05. The molecule has 0 unspecified atom stereocenters. The maximum absolute atomic E-state index is 2.50. The first-order valence-electron chi connectivity index (χ1n) is 3.13. The number of hydrogen-bond acceptors (Lipinski definition) is 0. The Labute approximate surface area is 68.4 Å². The zero-order valence-electron chi connectivity index (χ0n) is 5.36. The van der Waals surface area contributed by atoms with Crippen molar-refractivity contribution >= 4 is 28.0 Å². The van der Waals surface area contributed by atoms with Gasteiger partial charge in [0, 0.05) is 0 Å². The minimum atomic E-state index is 1.27. The average molecular weight is 191 g/mol. The quantitative estimate of drug-likeness (QED) is 0.557. The molecule has 1 aromatic heterocycles. The third-order valence-electron chi connectivity index (χ3n) is 1.58. The topological polar surface area (TPSA) is 4.93 Å². The second-order valence-electron chi connectivity index (χ2n) is 2.22. The van der Waals surface area contributed by atoms with E-state index in [4.69, 9.17) is 0 Å². The Kier molecular flexibility index (Phi) is 1.32. The van der Waals surface area contributed by atoms with Gasteiger partial charge in [0.15, 0.2) is 0 Å². The maximum atomic E-state index is 2.50. The molecule has 2 aromatic rings. The van der Waals surface area contributed by atoms with Crippen molar-refractivity contribution in [2.45, 2.75) is 0 Å². The molecule has 0 amide bonds. The van der Waals surface area contributed by atoms with Crippen LogP contribution in [0.4, 0.5) is 0 Å². The van der Waals surface area contributed by atoms with Crippen LogP contribution in [-0.2, 0) is 0 Å². The van der Waals surface area contributed by atoms with E-state index in [1.54, 1.807) is 0 Å². The molecule has 0 saturated heterocycles. The van der Waals surface area contributed by atoms with Crippen LogP contribution in [0, 0.1) is 0 Å². The van der Waals surface area contributed by atoms with E-state index < -0.39 is 0 Å². The summed E-state index contributed by atoms with van der Waals surface area (Å²) in [5.74, 6) is 0. The standard InChI is InChI=1S/C8H6AsN/c9-10-6-5-7-3-1-2-4-8(7)10/h1-6H. The van der Waals surface area contributed by atoms with Crippen LogP contribution in [0.15, 0.2) is 36.5 Å². The van der Waals surface area contributed by atoms with E-state index in [-0.39, 0.29) is 0 Å². The van der Waals surface area contributed by atoms with Gasteiger partial charge in [0.25, 0.3) is 0 Å². The molecule has 10 heavy (non-hydrogen) atoms. The first-order chi connectivity index (χ1) is 4.88. The molecule has 0 spiro atoms. The number of para-hydroxylation sites is 1. The van der Waals surface area contributed by atoms with Crippen LogP contribution in [-0.4, -0.2) is 20.6 Å².